The molecule has 0 spiro atoms. The molecular weight excluding hydrogens is 238 g/mol. The summed E-state index contributed by atoms with van der Waals surface area (Å²) in [6, 6.07) is 8.48. The van der Waals surface area contributed by atoms with Gasteiger partial charge in [0.15, 0.2) is 0 Å². The van der Waals surface area contributed by atoms with E-state index in [2.05, 4.69) is 36.2 Å². The Morgan fingerprint density at radius 3 is 2.79 bits per heavy atom. The van der Waals surface area contributed by atoms with Crippen LogP contribution < -0.4 is 4.74 Å². The summed E-state index contributed by atoms with van der Waals surface area (Å²) in [4.78, 5) is 2.26. The number of rotatable bonds is 7. The van der Waals surface area contributed by atoms with Gasteiger partial charge in [-0.05, 0) is 50.4 Å². The number of nitrogens with zero attached hydrogens (tertiary/aromatic N) is 1. The third kappa shape index (κ3) is 4.84. The highest BCUT2D eigenvalue weighted by Crippen LogP contribution is 2.24. The first kappa shape index (κ1) is 14.4. The lowest BCUT2D eigenvalue weighted by Gasteiger charge is -2.18. The number of ether oxygens (including phenoxy) is 2. The molecule has 0 amide bonds. The Balaban J connectivity index is 1.87. The van der Waals surface area contributed by atoms with Crippen LogP contribution in [0.5, 0.6) is 5.75 Å². The third-order valence-corrected chi connectivity index (χ3v) is 3.63. The second-order valence-electron chi connectivity index (χ2n) is 5.40. The number of benzene rings is 1. The van der Waals surface area contributed by atoms with Crippen LogP contribution in [0.3, 0.4) is 0 Å². The standard InChI is InChI=1S/C16H25NO2/c1-17(10-11-18-2)13-14-6-5-9-16(12-14)19-15-7-3-4-8-15/h5-6,9,12,15H,3-4,7-8,10-11,13H2,1-2H3. The van der Waals surface area contributed by atoms with Gasteiger partial charge < -0.3 is 9.47 Å². The fourth-order valence-corrected chi connectivity index (χ4v) is 2.55. The van der Waals surface area contributed by atoms with Crippen LogP contribution in [0.1, 0.15) is 31.2 Å². The molecule has 1 fully saturated rings. The van der Waals surface area contributed by atoms with E-state index in [0.29, 0.717) is 6.10 Å². The summed E-state index contributed by atoms with van der Waals surface area (Å²) in [6.07, 6.45) is 5.46. The van der Waals surface area contributed by atoms with E-state index in [1.165, 1.54) is 31.2 Å². The molecule has 3 nitrogen and oxygen atoms in total. The van der Waals surface area contributed by atoms with E-state index in [1.54, 1.807) is 7.11 Å². The molecule has 1 aliphatic carbocycles. The molecule has 0 aromatic heterocycles. The maximum Gasteiger partial charge on any atom is 0.120 e. The van der Waals surface area contributed by atoms with Crippen molar-refractivity contribution >= 4 is 0 Å². The average Bonchev–Trinajstić information content (AvgIpc) is 2.89. The van der Waals surface area contributed by atoms with Gasteiger partial charge in [-0.3, -0.25) is 4.90 Å². The summed E-state index contributed by atoms with van der Waals surface area (Å²) in [5, 5.41) is 0. The van der Waals surface area contributed by atoms with Crippen LogP contribution in [0.15, 0.2) is 24.3 Å². The summed E-state index contributed by atoms with van der Waals surface area (Å²) < 4.78 is 11.1. The Labute approximate surface area is 116 Å². The number of likely N-dealkylation sites (N-methyl/N-ethyl adjacent to an activating group) is 1. The summed E-state index contributed by atoms with van der Waals surface area (Å²) in [7, 11) is 3.85. The number of hydrogen-bond donors (Lipinski definition) is 0. The van der Waals surface area contributed by atoms with Crippen LogP contribution in [-0.4, -0.2) is 38.3 Å². The topological polar surface area (TPSA) is 21.7 Å². The van der Waals surface area contributed by atoms with E-state index in [1.807, 2.05) is 0 Å². The zero-order valence-corrected chi connectivity index (χ0v) is 12.1. The molecular formula is C16H25NO2. The van der Waals surface area contributed by atoms with Crippen LogP contribution in [0.25, 0.3) is 0 Å². The van der Waals surface area contributed by atoms with Crippen molar-refractivity contribution in [2.24, 2.45) is 0 Å². The Kier molecular flexibility index (Phi) is 5.67. The predicted octanol–water partition coefficient (Wildman–Crippen LogP) is 3.09. The molecule has 0 aliphatic heterocycles. The number of hydrogen-bond acceptors (Lipinski definition) is 3. The van der Waals surface area contributed by atoms with E-state index in [0.717, 1.165) is 25.4 Å². The number of methoxy groups -OCH3 is 1. The largest absolute Gasteiger partial charge is 0.490 e. The van der Waals surface area contributed by atoms with Gasteiger partial charge in [-0.25, -0.2) is 0 Å². The smallest absolute Gasteiger partial charge is 0.120 e. The van der Waals surface area contributed by atoms with E-state index >= 15 is 0 Å². The van der Waals surface area contributed by atoms with Gasteiger partial charge in [-0.2, -0.15) is 0 Å². The Morgan fingerprint density at radius 1 is 1.26 bits per heavy atom. The molecule has 1 aromatic carbocycles. The van der Waals surface area contributed by atoms with Gasteiger partial charge in [0.2, 0.25) is 0 Å². The van der Waals surface area contributed by atoms with Crippen molar-refractivity contribution in [2.75, 3.05) is 27.3 Å². The molecule has 106 valence electrons. The van der Waals surface area contributed by atoms with E-state index in [4.69, 9.17) is 9.47 Å². The molecule has 0 atom stereocenters. The van der Waals surface area contributed by atoms with Gasteiger partial charge >= 0.3 is 0 Å². The summed E-state index contributed by atoms with van der Waals surface area (Å²) >= 11 is 0. The Morgan fingerprint density at radius 2 is 2.05 bits per heavy atom. The van der Waals surface area contributed by atoms with Gasteiger partial charge in [0.25, 0.3) is 0 Å². The Hall–Kier alpha value is -1.06. The zero-order valence-electron chi connectivity index (χ0n) is 12.1. The molecule has 0 heterocycles. The first-order valence-electron chi connectivity index (χ1n) is 7.21. The molecule has 0 bridgehead atoms. The molecule has 1 aromatic rings. The quantitative estimate of drug-likeness (QED) is 0.754. The van der Waals surface area contributed by atoms with Crippen LogP contribution in [0.2, 0.25) is 0 Å². The molecule has 19 heavy (non-hydrogen) atoms. The third-order valence-electron chi connectivity index (χ3n) is 3.63. The maximum atomic E-state index is 6.04. The first-order valence-corrected chi connectivity index (χ1v) is 7.21. The minimum Gasteiger partial charge on any atom is -0.490 e. The summed E-state index contributed by atoms with van der Waals surface area (Å²) in [5.41, 5.74) is 1.30. The van der Waals surface area contributed by atoms with Crippen molar-refractivity contribution in [1.29, 1.82) is 0 Å². The summed E-state index contributed by atoms with van der Waals surface area (Å²) in [5.74, 6) is 1.02. The molecule has 0 saturated heterocycles. The van der Waals surface area contributed by atoms with Crippen LogP contribution in [0.4, 0.5) is 0 Å². The van der Waals surface area contributed by atoms with Gasteiger partial charge in [0.1, 0.15) is 5.75 Å². The molecule has 2 rings (SSSR count). The SMILES string of the molecule is COCCN(C)Cc1cccc(OC2CCCC2)c1. The van der Waals surface area contributed by atoms with Crippen molar-refractivity contribution in [1.82, 2.24) is 4.90 Å². The second kappa shape index (κ2) is 7.51. The molecule has 3 heteroatoms. The lowest BCUT2D eigenvalue weighted by Crippen LogP contribution is -2.22. The second-order valence-corrected chi connectivity index (χ2v) is 5.40. The fourth-order valence-electron chi connectivity index (χ4n) is 2.55. The van der Waals surface area contributed by atoms with Crippen LogP contribution >= 0.6 is 0 Å². The minimum atomic E-state index is 0.432. The lowest BCUT2D eigenvalue weighted by atomic mass is 10.2. The van der Waals surface area contributed by atoms with Gasteiger partial charge in [-0.15, -0.1) is 0 Å². The molecule has 1 saturated carbocycles. The van der Waals surface area contributed by atoms with E-state index in [-0.39, 0.29) is 0 Å². The van der Waals surface area contributed by atoms with Crippen molar-refractivity contribution in [3.05, 3.63) is 29.8 Å². The molecule has 0 unspecified atom stereocenters. The van der Waals surface area contributed by atoms with Crippen molar-refractivity contribution in [3.8, 4) is 5.75 Å². The average molecular weight is 263 g/mol. The van der Waals surface area contributed by atoms with E-state index in [9.17, 15) is 0 Å². The van der Waals surface area contributed by atoms with Gasteiger partial charge in [0, 0.05) is 20.2 Å². The molecule has 1 aliphatic rings. The highest BCUT2D eigenvalue weighted by molar-refractivity contribution is 5.28. The normalized spacial score (nSPS) is 16.2. The lowest BCUT2D eigenvalue weighted by molar-refractivity contribution is 0.158. The highest BCUT2D eigenvalue weighted by atomic mass is 16.5. The van der Waals surface area contributed by atoms with Crippen LogP contribution in [-0.2, 0) is 11.3 Å². The monoisotopic (exact) mass is 263 g/mol. The van der Waals surface area contributed by atoms with Gasteiger partial charge in [-0.1, -0.05) is 12.1 Å². The highest BCUT2D eigenvalue weighted by Gasteiger charge is 2.16. The molecule has 0 N–H and O–H groups in total. The maximum absolute atomic E-state index is 6.04. The van der Waals surface area contributed by atoms with Crippen LogP contribution in [0, 0.1) is 0 Å². The van der Waals surface area contributed by atoms with Crippen molar-refractivity contribution in [3.63, 3.8) is 0 Å². The summed E-state index contributed by atoms with van der Waals surface area (Å²) in [6.45, 7) is 2.66. The fraction of sp³-hybridized carbons (Fsp3) is 0.625. The van der Waals surface area contributed by atoms with Gasteiger partial charge in [0.05, 0.1) is 12.7 Å². The Bertz CT molecular complexity index is 375. The van der Waals surface area contributed by atoms with Crippen molar-refractivity contribution in [2.45, 2.75) is 38.3 Å². The molecule has 0 radical (unpaired) electrons. The van der Waals surface area contributed by atoms with E-state index < -0.39 is 0 Å². The first-order chi connectivity index (χ1) is 9.28. The minimum absolute atomic E-state index is 0.432. The predicted molar refractivity (Wildman–Crippen MR) is 77.5 cm³/mol. The zero-order chi connectivity index (χ0) is 13.5. The van der Waals surface area contributed by atoms with Crippen molar-refractivity contribution < 1.29 is 9.47 Å².